The van der Waals surface area contributed by atoms with E-state index in [1.807, 2.05) is 29.2 Å². The highest BCUT2D eigenvalue weighted by Crippen LogP contribution is 2.38. The van der Waals surface area contributed by atoms with Crippen molar-refractivity contribution in [2.24, 2.45) is 11.8 Å². The van der Waals surface area contributed by atoms with Gasteiger partial charge in [-0.25, -0.2) is 0 Å². The predicted octanol–water partition coefficient (Wildman–Crippen LogP) is 2.53. The van der Waals surface area contributed by atoms with Crippen LogP contribution in [0.25, 0.3) is 0 Å². The van der Waals surface area contributed by atoms with Crippen LogP contribution in [-0.4, -0.2) is 47.7 Å². The molecule has 0 aromatic heterocycles. The fourth-order valence-electron chi connectivity index (χ4n) is 4.85. The Hall–Kier alpha value is -2.37. The average molecular weight is 370 g/mol. The van der Waals surface area contributed by atoms with Crippen LogP contribution in [0.1, 0.15) is 50.1 Å². The molecule has 2 aliphatic heterocycles. The number of carbonyl (C=O) groups excluding carboxylic acids is 3. The van der Waals surface area contributed by atoms with Gasteiger partial charge in [-0.2, -0.15) is 0 Å². The third kappa shape index (κ3) is 3.22. The normalized spacial score (nSPS) is 27.8. The molecule has 6 heteroatoms. The first-order valence-electron chi connectivity index (χ1n) is 9.89. The van der Waals surface area contributed by atoms with Crippen LogP contribution in [0.4, 0.5) is 0 Å². The number of ether oxygens (including phenoxy) is 1. The van der Waals surface area contributed by atoms with E-state index in [0.717, 1.165) is 49.8 Å². The molecule has 2 saturated heterocycles. The number of hydrogen-bond donors (Lipinski definition) is 0. The number of carbonyl (C=O) groups is 3. The summed E-state index contributed by atoms with van der Waals surface area (Å²) in [5, 5.41) is 0. The van der Waals surface area contributed by atoms with Crippen LogP contribution in [-0.2, 0) is 14.4 Å². The summed E-state index contributed by atoms with van der Waals surface area (Å²) in [6.07, 6.45) is 5.36. The molecule has 2 heterocycles. The predicted molar refractivity (Wildman–Crippen MR) is 98.9 cm³/mol. The maximum atomic E-state index is 13.0. The van der Waals surface area contributed by atoms with Crippen molar-refractivity contribution in [2.75, 3.05) is 20.2 Å². The van der Waals surface area contributed by atoms with E-state index in [1.54, 1.807) is 7.11 Å². The first-order chi connectivity index (χ1) is 13.1. The number of nitrogens with zero attached hydrogens (tertiary/aromatic N) is 2. The van der Waals surface area contributed by atoms with E-state index in [1.165, 1.54) is 4.90 Å². The van der Waals surface area contributed by atoms with Crippen LogP contribution in [0, 0.1) is 11.8 Å². The van der Waals surface area contributed by atoms with Crippen LogP contribution in [0.3, 0.4) is 0 Å². The first kappa shape index (κ1) is 18.0. The fourth-order valence-corrected chi connectivity index (χ4v) is 4.85. The summed E-state index contributed by atoms with van der Waals surface area (Å²) in [4.78, 5) is 41.3. The van der Waals surface area contributed by atoms with E-state index < -0.39 is 0 Å². The summed E-state index contributed by atoms with van der Waals surface area (Å²) in [7, 11) is 1.63. The number of amides is 3. The maximum Gasteiger partial charge on any atom is 0.243 e. The van der Waals surface area contributed by atoms with E-state index in [2.05, 4.69) is 0 Å². The van der Waals surface area contributed by atoms with Crippen LogP contribution in [0.5, 0.6) is 5.75 Å². The number of imide groups is 1. The summed E-state index contributed by atoms with van der Waals surface area (Å²) in [5.74, 6) is -0.0272. The molecule has 0 spiro atoms. The van der Waals surface area contributed by atoms with Gasteiger partial charge in [0.2, 0.25) is 17.7 Å². The molecule has 3 amide bonds. The molecule has 144 valence electrons. The zero-order chi connectivity index (χ0) is 19.0. The Kier molecular flexibility index (Phi) is 4.89. The van der Waals surface area contributed by atoms with Gasteiger partial charge in [-0.15, -0.1) is 0 Å². The lowest BCUT2D eigenvalue weighted by molar-refractivity contribution is -0.147. The van der Waals surface area contributed by atoms with Gasteiger partial charge in [0.05, 0.1) is 25.0 Å². The molecule has 1 aromatic carbocycles. The van der Waals surface area contributed by atoms with Crippen LogP contribution in [0.2, 0.25) is 0 Å². The van der Waals surface area contributed by atoms with Crippen molar-refractivity contribution in [2.45, 2.75) is 44.6 Å². The van der Waals surface area contributed by atoms with Crippen molar-refractivity contribution in [1.82, 2.24) is 9.80 Å². The molecule has 6 nitrogen and oxygen atoms in total. The topological polar surface area (TPSA) is 66.9 Å². The third-order valence-electron chi connectivity index (χ3n) is 6.30. The molecule has 1 saturated carbocycles. The van der Waals surface area contributed by atoms with Crippen molar-refractivity contribution >= 4 is 17.7 Å². The largest absolute Gasteiger partial charge is 0.497 e. The number of hydrogen-bond acceptors (Lipinski definition) is 4. The van der Waals surface area contributed by atoms with Gasteiger partial charge in [0.1, 0.15) is 12.3 Å². The molecule has 4 rings (SSSR count). The molecule has 0 radical (unpaired) electrons. The van der Waals surface area contributed by atoms with Gasteiger partial charge in [0.25, 0.3) is 0 Å². The van der Waals surface area contributed by atoms with E-state index >= 15 is 0 Å². The first-order valence-corrected chi connectivity index (χ1v) is 9.89. The van der Waals surface area contributed by atoms with E-state index in [-0.39, 0.29) is 42.1 Å². The molecule has 3 aliphatic rings. The maximum absolute atomic E-state index is 13.0. The molecular formula is C21H26N2O4. The van der Waals surface area contributed by atoms with Crippen molar-refractivity contribution in [3.05, 3.63) is 29.8 Å². The lowest BCUT2D eigenvalue weighted by Crippen LogP contribution is -2.43. The van der Waals surface area contributed by atoms with Gasteiger partial charge in [0.15, 0.2) is 0 Å². The average Bonchev–Trinajstić information content (AvgIpc) is 3.28. The molecule has 3 atom stereocenters. The van der Waals surface area contributed by atoms with Gasteiger partial charge in [0, 0.05) is 6.54 Å². The molecule has 1 aromatic rings. The lowest BCUT2D eigenvalue weighted by atomic mass is 9.81. The van der Waals surface area contributed by atoms with Crippen molar-refractivity contribution in [1.29, 1.82) is 0 Å². The Morgan fingerprint density at radius 2 is 1.63 bits per heavy atom. The highest BCUT2D eigenvalue weighted by atomic mass is 16.5. The monoisotopic (exact) mass is 370 g/mol. The SMILES string of the molecule is COc1ccc(C2CCCN2C(=O)CN2C(=O)C3CCCCC3C2=O)cc1. The highest BCUT2D eigenvalue weighted by molar-refractivity contribution is 6.07. The Bertz CT molecular complexity index is 721. The minimum absolute atomic E-state index is 0.00140. The zero-order valence-corrected chi connectivity index (χ0v) is 15.7. The van der Waals surface area contributed by atoms with Crippen LogP contribution in [0.15, 0.2) is 24.3 Å². The smallest absolute Gasteiger partial charge is 0.243 e. The second kappa shape index (κ2) is 7.33. The van der Waals surface area contributed by atoms with E-state index in [9.17, 15) is 14.4 Å². The summed E-state index contributed by atoms with van der Waals surface area (Å²) in [6.45, 7) is 0.552. The molecule has 27 heavy (non-hydrogen) atoms. The van der Waals surface area contributed by atoms with E-state index in [0.29, 0.717) is 6.54 Å². The minimum atomic E-state index is -0.199. The standard InChI is InChI=1S/C21H26N2O4/c1-27-15-10-8-14(9-11-15)18-7-4-12-22(18)19(24)13-23-20(25)16-5-2-3-6-17(16)21(23)26/h8-11,16-18H,2-7,12-13H2,1H3. The third-order valence-corrected chi connectivity index (χ3v) is 6.30. The Balaban J connectivity index is 1.47. The molecule has 0 N–H and O–H groups in total. The van der Waals surface area contributed by atoms with Gasteiger partial charge in [-0.3, -0.25) is 19.3 Å². The Labute approximate surface area is 159 Å². The number of fused-ring (bicyclic) bond motifs is 1. The van der Waals surface area contributed by atoms with Gasteiger partial charge < -0.3 is 9.64 Å². The van der Waals surface area contributed by atoms with Crippen LogP contribution < -0.4 is 4.74 Å². The zero-order valence-electron chi connectivity index (χ0n) is 15.7. The second-order valence-corrected chi connectivity index (χ2v) is 7.78. The molecule has 3 fully saturated rings. The molecule has 0 bridgehead atoms. The number of likely N-dealkylation sites (tertiary alicyclic amines) is 2. The Morgan fingerprint density at radius 1 is 1.00 bits per heavy atom. The summed E-state index contributed by atoms with van der Waals surface area (Å²) < 4.78 is 5.20. The summed E-state index contributed by atoms with van der Waals surface area (Å²) in [5.41, 5.74) is 1.06. The lowest BCUT2D eigenvalue weighted by Gasteiger charge is -2.27. The van der Waals surface area contributed by atoms with Crippen molar-refractivity contribution in [3.8, 4) is 5.75 Å². The minimum Gasteiger partial charge on any atom is -0.497 e. The summed E-state index contributed by atoms with van der Waals surface area (Å²) >= 11 is 0. The van der Waals surface area contributed by atoms with Gasteiger partial charge >= 0.3 is 0 Å². The highest BCUT2D eigenvalue weighted by Gasteiger charge is 2.49. The number of methoxy groups -OCH3 is 1. The van der Waals surface area contributed by atoms with Crippen molar-refractivity contribution in [3.63, 3.8) is 0 Å². The number of rotatable bonds is 4. The molecule has 3 unspecified atom stereocenters. The van der Waals surface area contributed by atoms with E-state index in [4.69, 9.17) is 4.74 Å². The summed E-state index contributed by atoms with van der Waals surface area (Å²) in [6, 6.07) is 7.76. The number of benzene rings is 1. The van der Waals surface area contributed by atoms with Crippen molar-refractivity contribution < 1.29 is 19.1 Å². The molecular weight excluding hydrogens is 344 g/mol. The second-order valence-electron chi connectivity index (χ2n) is 7.78. The van der Waals surface area contributed by atoms with Crippen LogP contribution >= 0.6 is 0 Å². The van der Waals surface area contributed by atoms with Gasteiger partial charge in [-0.1, -0.05) is 25.0 Å². The molecule has 1 aliphatic carbocycles. The quantitative estimate of drug-likeness (QED) is 0.764. The fraction of sp³-hybridized carbons (Fsp3) is 0.571. The van der Waals surface area contributed by atoms with Gasteiger partial charge in [-0.05, 0) is 43.4 Å². The Morgan fingerprint density at radius 3 is 2.22 bits per heavy atom.